The van der Waals surface area contributed by atoms with Crippen LogP contribution in [0.15, 0.2) is 34.1 Å². The molecule has 2 rings (SSSR count). The largest absolute Gasteiger partial charge is 0.478 e. The number of sulfone groups is 1. The Morgan fingerprint density at radius 1 is 0.720 bits per heavy atom. The quantitative estimate of drug-likeness (QED) is 0.405. The van der Waals surface area contributed by atoms with Crippen molar-refractivity contribution in [1.29, 1.82) is 0 Å². The van der Waals surface area contributed by atoms with E-state index in [0.717, 1.165) is 24.3 Å². The van der Waals surface area contributed by atoms with Gasteiger partial charge in [-0.05, 0) is 24.3 Å². The molecule has 2 aromatic carbocycles. The van der Waals surface area contributed by atoms with Crippen LogP contribution in [0.5, 0.6) is 0 Å². The predicted octanol–water partition coefficient (Wildman–Crippen LogP) is 0.245. The predicted molar refractivity (Wildman–Crippen MR) is 89.9 cm³/mol. The van der Waals surface area contributed by atoms with Crippen molar-refractivity contribution in [3.63, 3.8) is 0 Å². The number of hydrogen-bond acceptors (Lipinski definition) is 8. The molecule has 10 N–H and O–H groups in total. The Kier molecular flexibility index (Phi) is 4.20. The molecule has 132 valence electrons. The lowest BCUT2D eigenvalue weighted by Gasteiger charge is -2.14. The van der Waals surface area contributed by atoms with E-state index >= 15 is 0 Å². The van der Waals surface area contributed by atoms with Crippen molar-refractivity contribution in [3.05, 3.63) is 35.4 Å². The van der Waals surface area contributed by atoms with Gasteiger partial charge in [0.1, 0.15) is 0 Å². The third-order valence-corrected chi connectivity index (χ3v) is 5.25. The average molecular weight is 366 g/mol. The first-order valence-electron chi connectivity index (χ1n) is 6.56. The maximum atomic E-state index is 12.9. The molecule has 0 saturated heterocycles. The van der Waals surface area contributed by atoms with Gasteiger partial charge in [0.15, 0.2) is 0 Å². The first-order chi connectivity index (χ1) is 11.5. The lowest BCUT2D eigenvalue weighted by molar-refractivity contribution is 0.0686. The van der Waals surface area contributed by atoms with E-state index in [1.165, 1.54) is 0 Å². The van der Waals surface area contributed by atoms with Crippen LogP contribution in [0.25, 0.3) is 0 Å². The molecule has 0 unspecified atom stereocenters. The van der Waals surface area contributed by atoms with Gasteiger partial charge in [0, 0.05) is 0 Å². The third kappa shape index (κ3) is 2.99. The van der Waals surface area contributed by atoms with Gasteiger partial charge in [0.25, 0.3) is 0 Å². The van der Waals surface area contributed by atoms with Gasteiger partial charge in [-0.25, -0.2) is 18.0 Å². The number of benzene rings is 2. The number of hydrogen-bond donors (Lipinski definition) is 6. The summed E-state index contributed by atoms with van der Waals surface area (Å²) in [6, 6.07) is 3.63. The highest BCUT2D eigenvalue weighted by atomic mass is 32.2. The van der Waals surface area contributed by atoms with Gasteiger partial charge in [-0.3, -0.25) is 0 Å². The minimum Gasteiger partial charge on any atom is -0.478 e. The molecule has 0 aromatic heterocycles. The van der Waals surface area contributed by atoms with Gasteiger partial charge in [-0.1, -0.05) is 0 Å². The molecular weight excluding hydrogens is 352 g/mol. The molecule has 0 bridgehead atoms. The summed E-state index contributed by atoms with van der Waals surface area (Å²) < 4.78 is 25.7. The Hall–Kier alpha value is -3.47. The van der Waals surface area contributed by atoms with Crippen molar-refractivity contribution in [1.82, 2.24) is 0 Å². The van der Waals surface area contributed by atoms with Crippen molar-refractivity contribution >= 4 is 44.5 Å². The van der Waals surface area contributed by atoms with Crippen LogP contribution in [0.3, 0.4) is 0 Å². The Labute approximate surface area is 141 Å². The summed E-state index contributed by atoms with van der Waals surface area (Å²) in [6.07, 6.45) is 0. The number of nitrogens with two attached hydrogens (primary N) is 4. The molecule has 0 amide bonds. The fourth-order valence-corrected chi connectivity index (χ4v) is 3.72. The topological polar surface area (TPSA) is 213 Å². The molecule has 0 spiro atoms. The van der Waals surface area contributed by atoms with Gasteiger partial charge < -0.3 is 33.1 Å². The zero-order chi connectivity index (χ0) is 19.1. The van der Waals surface area contributed by atoms with Gasteiger partial charge in [-0.2, -0.15) is 0 Å². The lowest BCUT2D eigenvalue weighted by atomic mass is 10.2. The molecular formula is C14H14N4O6S. The molecule has 11 heteroatoms. The number of carboxylic acid groups (broad SMARTS) is 2. The van der Waals surface area contributed by atoms with Crippen LogP contribution < -0.4 is 22.9 Å². The second-order valence-electron chi connectivity index (χ2n) is 5.07. The van der Waals surface area contributed by atoms with Crippen LogP contribution in [0.2, 0.25) is 0 Å². The van der Waals surface area contributed by atoms with Crippen LogP contribution in [0.4, 0.5) is 22.7 Å². The van der Waals surface area contributed by atoms with Crippen LogP contribution in [-0.2, 0) is 9.84 Å². The molecule has 0 radical (unpaired) electrons. The highest BCUT2D eigenvalue weighted by molar-refractivity contribution is 7.91. The number of anilines is 4. The third-order valence-electron chi connectivity index (χ3n) is 3.42. The fraction of sp³-hybridized carbons (Fsp3) is 0. The number of nitrogen functional groups attached to an aromatic ring is 4. The van der Waals surface area contributed by atoms with Crippen molar-refractivity contribution in [2.24, 2.45) is 0 Å². The van der Waals surface area contributed by atoms with E-state index in [1.807, 2.05) is 0 Å². The summed E-state index contributed by atoms with van der Waals surface area (Å²) in [5, 5.41) is 18.1. The normalized spacial score (nSPS) is 11.2. The van der Waals surface area contributed by atoms with E-state index in [1.54, 1.807) is 0 Å². The van der Waals surface area contributed by atoms with Gasteiger partial charge in [0.2, 0.25) is 9.84 Å². The SMILES string of the molecule is Nc1cc(C(=O)O)cc(S(=O)(=O)c2cc(C(=O)O)cc(N)c2N)c1N. The van der Waals surface area contributed by atoms with E-state index in [2.05, 4.69) is 0 Å². The highest BCUT2D eigenvalue weighted by Crippen LogP contribution is 2.36. The first kappa shape index (κ1) is 17.9. The summed E-state index contributed by atoms with van der Waals surface area (Å²) in [5.74, 6) is -2.84. The minimum atomic E-state index is -4.49. The standard InChI is InChI=1S/C14H14N4O6S/c15-7-1-5(13(19)20)3-9(11(7)17)25(23,24)10-4-6(14(21)22)2-8(16)12(10)18/h1-4H,15-18H2,(H,19,20)(H,21,22). The molecule has 0 atom stereocenters. The van der Waals surface area contributed by atoms with Crippen molar-refractivity contribution in [2.45, 2.75) is 9.79 Å². The monoisotopic (exact) mass is 366 g/mol. The second-order valence-corrected chi connectivity index (χ2v) is 6.95. The zero-order valence-electron chi connectivity index (χ0n) is 12.6. The molecule has 0 heterocycles. The van der Waals surface area contributed by atoms with E-state index < -0.39 is 42.7 Å². The summed E-state index contributed by atoms with van der Waals surface area (Å²) in [7, 11) is -4.49. The smallest absolute Gasteiger partial charge is 0.335 e. The average Bonchev–Trinajstić information content (AvgIpc) is 2.51. The molecule has 10 nitrogen and oxygen atoms in total. The van der Waals surface area contributed by atoms with E-state index in [-0.39, 0.29) is 22.7 Å². The van der Waals surface area contributed by atoms with Gasteiger partial charge in [-0.15, -0.1) is 0 Å². The van der Waals surface area contributed by atoms with Crippen LogP contribution in [0.1, 0.15) is 20.7 Å². The van der Waals surface area contributed by atoms with Crippen molar-refractivity contribution in [3.8, 4) is 0 Å². The molecule has 0 fully saturated rings. The number of aromatic carboxylic acids is 2. The van der Waals surface area contributed by atoms with Crippen LogP contribution in [0, 0.1) is 0 Å². The number of rotatable bonds is 4. The maximum Gasteiger partial charge on any atom is 0.335 e. The summed E-state index contributed by atoms with van der Waals surface area (Å²) in [5.41, 5.74) is 20.4. The number of carbonyl (C=O) groups is 2. The summed E-state index contributed by atoms with van der Waals surface area (Å²) in [4.78, 5) is 21.0. The van der Waals surface area contributed by atoms with E-state index in [9.17, 15) is 18.0 Å². The first-order valence-corrected chi connectivity index (χ1v) is 8.04. The molecule has 0 aliphatic carbocycles. The molecule has 0 saturated carbocycles. The second kappa shape index (κ2) is 5.87. The van der Waals surface area contributed by atoms with Gasteiger partial charge >= 0.3 is 11.9 Å². The maximum absolute atomic E-state index is 12.9. The molecule has 2 aromatic rings. The van der Waals surface area contributed by atoms with Gasteiger partial charge in [0.05, 0.1) is 43.7 Å². The fourth-order valence-electron chi connectivity index (χ4n) is 2.11. The van der Waals surface area contributed by atoms with Crippen molar-refractivity contribution < 1.29 is 28.2 Å². The Bertz CT molecular complexity index is 941. The number of carboxylic acids is 2. The minimum absolute atomic E-state index is 0.264. The van der Waals surface area contributed by atoms with E-state index in [0.29, 0.717) is 0 Å². The zero-order valence-corrected chi connectivity index (χ0v) is 13.4. The van der Waals surface area contributed by atoms with E-state index in [4.69, 9.17) is 33.1 Å². The van der Waals surface area contributed by atoms with Crippen LogP contribution >= 0.6 is 0 Å². The Morgan fingerprint density at radius 2 is 1.04 bits per heavy atom. The Morgan fingerprint density at radius 3 is 1.32 bits per heavy atom. The molecule has 25 heavy (non-hydrogen) atoms. The lowest BCUT2D eigenvalue weighted by Crippen LogP contribution is -2.14. The molecule has 0 aliphatic heterocycles. The molecule has 0 aliphatic rings. The Balaban J connectivity index is 2.85. The summed E-state index contributed by atoms with van der Waals surface area (Å²) in [6.45, 7) is 0. The highest BCUT2D eigenvalue weighted by Gasteiger charge is 2.28. The van der Waals surface area contributed by atoms with Crippen LogP contribution in [-0.4, -0.2) is 30.6 Å². The van der Waals surface area contributed by atoms with Crippen molar-refractivity contribution in [2.75, 3.05) is 22.9 Å². The summed E-state index contributed by atoms with van der Waals surface area (Å²) >= 11 is 0.